The average molecular weight is 319 g/mol. The van der Waals surface area contributed by atoms with Crippen molar-refractivity contribution in [2.24, 2.45) is 0 Å². The number of nitrogens with one attached hydrogen (secondary N) is 1. The van der Waals surface area contributed by atoms with Crippen molar-refractivity contribution in [1.29, 1.82) is 0 Å². The van der Waals surface area contributed by atoms with Crippen molar-refractivity contribution in [3.8, 4) is 5.75 Å². The van der Waals surface area contributed by atoms with Crippen LogP contribution in [0.15, 0.2) is 23.1 Å². The van der Waals surface area contributed by atoms with Gasteiger partial charge in [-0.05, 0) is 30.4 Å². The highest BCUT2D eigenvalue weighted by atomic mass is 32.2. The van der Waals surface area contributed by atoms with Crippen LogP contribution in [0.4, 0.5) is 0 Å². The Bertz CT molecular complexity index is 531. The van der Waals surface area contributed by atoms with Gasteiger partial charge in [-0.1, -0.05) is 13.0 Å². The van der Waals surface area contributed by atoms with Crippen molar-refractivity contribution < 1.29 is 18.3 Å². The standard InChI is InChI=1S/C13H21NO4S2/c1-10(19-3)6-7-14-20(16,17)13-8-11(9-15)4-5-12(13)18-2/h4-5,8,10,14-15H,6-7,9H2,1-3H3. The molecule has 0 aliphatic heterocycles. The van der Waals surface area contributed by atoms with Crippen molar-refractivity contribution in [3.05, 3.63) is 23.8 Å². The quantitative estimate of drug-likeness (QED) is 0.761. The van der Waals surface area contributed by atoms with Crippen molar-refractivity contribution >= 4 is 21.8 Å². The van der Waals surface area contributed by atoms with Crippen LogP contribution in [0.5, 0.6) is 5.75 Å². The summed E-state index contributed by atoms with van der Waals surface area (Å²) in [4.78, 5) is 0.0587. The summed E-state index contributed by atoms with van der Waals surface area (Å²) in [5.41, 5.74) is 0.531. The largest absolute Gasteiger partial charge is 0.495 e. The molecule has 2 N–H and O–H groups in total. The van der Waals surface area contributed by atoms with E-state index in [2.05, 4.69) is 4.72 Å². The third-order valence-corrected chi connectivity index (χ3v) is 5.47. The van der Waals surface area contributed by atoms with E-state index in [0.717, 1.165) is 6.42 Å². The first-order valence-electron chi connectivity index (χ1n) is 6.24. The number of ether oxygens (including phenoxy) is 1. The van der Waals surface area contributed by atoms with Gasteiger partial charge in [0.2, 0.25) is 10.0 Å². The average Bonchev–Trinajstić information content (AvgIpc) is 2.46. The molecule has 0 spiro atoms. The molecule has 0 saturated carbocycles. The highest BCUT2D eigenvalue weighted by Crippen LogP contribution is 2.25. The third-order valence-electron chi connectivity index (χ3n) is 2.95. The van der Waals surface area contributed by atoms with Gasteiger partial charge in [0.05, 0.1) is 13.7 Å². The smallest absolute Gasteiger partial charge is 0.244 e. The summed E-state index contributed by atoms with van der Waals surface area (Å²) in [5, 5.41) is 9.51. The molecule has 1 unspecified atom stereocenters. The maximum absolute atomic E-state index is 12.3. The van der Waals surface area contributed by atoms with Crippen molar-refractivity contribution in [2.45, 2.75) is 30.1 Å². The zero-order valence-electron chi connectivity index (χ0n) is 11.9. The molecule has 0 amide bonds. The summed E-state index contributed by atoms with van der Waals surface area (Å²) in [5.74, 6) is 0.271. The molecule has 1 aromatic rings. The van der Waals surface area contributed by atoms with E-state index >= 15 is 0 Å². The highest BCUT2D eigenvalue weighted by Gasteiger charge is 2.19. The lowest BCUT2D eigenvalue weighted by Gasteiger charge is -2.13. The number of aliphatic hydroxyl groups excluding tert-OH is 1. The number of aliphatic hydroxyl groups is 1. The first-order chi connectivity index (χ1) is 9.44. The molecule has 0 aliphatic rings. The molecule has 1 atom stereocenters. The minimum atomic E-state index is -3.63. The van der Waals surface area contributed by atoms with Crippen LogP contribution in [0, 0.1) is 0 Å². The van der Waals surface area contributed by atoms with Gasteiger partial charge in [-0.25, -0.2) is 13.1 Å². The van der Waals surface area contributed by atoms with Gasteiger partial charge in [0, 0.05) is 11.8 Å². The fraction of sp³-hybridized carbons (Fsp3) is 0.538. The Morgan fingerprint density at radius 2 is 2.15 bits per heavy atom. The van der Waals surface area contributed by atoms with Gasteiger partial charge in [0.15, 0.2) is 0 Å². The molecule has 0 radical (unpaired) electrons. The third kappa shape index (κ3) is 4.66. The molecule has 114 valence electrons. The number of hydrogen-bond donors (Lipinski definition) is 2. The number of methoxy groups -OCH3 is 1. The number of rotatable bonds is 8. The Labute approximate surface area is 124 Å². The molecule has 0 fully saturated rings. The van der Waals surface area contributed by atoms with E-state index < -0.39 is 10.0 Å². The highest BCUT2D eigenvalue weighted by molar-refractivity contribution is 7.99. The Hall–Kier alpha value is -0.760. The maximum Gasteiger partial charge on any atom is 0.244 e. The second kappa shape index (κ2) is 7.87. The zero-order valence-corrected chi connectivity index (χ0v) is 13.6. The second-order valence-electron chi connectivity index (χ2n) is 4.38. The number of sulfonamides is 1. The molecule has 7 heteroatoms. The van der Waals surface area contributed by atoms with Crippen molar-refractivity contribution in [2.75, 3.05) is 19.9 Å². The van der Waals surface area contributed by atoms with Crippen LogP contribution in [-0.2, 0) is 16.6 Å². The molecular weight excluding hydrogens is 298 g/mol. The van der Waals surface area contributed by atoms with E-state index in [9.17, 15) is 8.42 Å². The monoisotopic (exact) mass is 319 g/mol. The van der Waals surface area contributed by atoms with E-state index in [0.29, 0.717) is 17.4 Å². The lowest BCUT2D eigenvalue weighted by Crippen LogP contribution is -2.26. The predicted octanol–water partition coefficient (Wildman–Crippen LogP) is 1.61. The minimum Gasteiger partial charge on any atom is -0.495 e. The lowest BCUT2D eigenvalue weighted by atomic mass is 10.2. The van der Waals surface area contributed by atoms with E-state index in [1.165, 1.54) is 13.2 Å². The molecule has 0 saturated heterocycles. The van der Waals surface area contributed by atoms with Crippen LogP contribution in [0.3, 0.4) is 0 Å². The summed E-state index contributed by atoms with van der Waals surface area (Å²) in [6.07, 6.45) is 2.75. The second-order valence-corrected chi connectivity index (χ2v) is 7.39. The molecule has 0 bridgehead atoms. The van der Waals surface area contributed by atoms with Crippen molar-refractivity contribution in [1.82, 2.24) is 4.72 Å². The van der Waals surface area contributed by atoms with Gasteiger partial charge in [-0.3, -0.25) is 0 Å². The van der Waals surface area contributed by atoms with Gasteiger partial charge >= 0.3 is 0 Å². The summed E-state index contributed by atoms with van der Waals surface area (Å²) < 4.78 is 32.2. The molecule has 1 aromatic carbocycles. The molecule has 5 nitrogen and oxygen atoms in total. The summed E-state index contributed by atoms with van der Waals surface area (Å²) in [6.45, 7) is 2.21. The topological polar surface area (TPSA) is 75.6 Å². The summed E-state index contributed by atoms with van der Waals surface area (Å²) in [6, 6.07) is 4.61. The molecule has 1 rings (SSSR count). The molecule has 0 aliphatic carbocycles. The van der Waals surface area contributed by atoms with Crippen LogP contribution in [0.1, 0.15) is 18.9 Å². The van der Waals surface area contributed by atoms with Gasteiger partial charge in [-0.15, -0.1) is 0 Å². The first kappa shape index (κ1) is 17.3. The van der Waals surface area contributed by atoms with E-state index in [1.807, 2.05) is 13.2 Å². The van der Waals surface area contributed by atoms with Crippen molar-refractivity contribution in [3.63, 3.8) is 0 Å². The molecular formula is C13H21NO4S2. The number of benzene rings is 1. The number of hydrogen-bond acceptors (Lipinski definition) is 5. The van der Waals surface area contributed by atoms with E-state index in [1.54, 1.807) is 23.9 Å². The zero-order chi connectivity index (χ0) is 15.2. The van der Waals surface area contributed by atoms with E-state index in [4.69, 9.17) is 9.84 Å². The Kier molecular flexibility index (Phi) is 6.81. The Morgan fingerprint density at radius 1 is 1.45 bits per heavy atom. The molecule has 0 aromatic heterocycles. The summed E-state index contributed by atoms with van der Waals surface area (Å²) in [7, 11) is -2.22. The SMILES string of the molecule is COc1ccc(CO)cc1S(=O)(=O)NCCC(C)SC. The fourth-order valence-electron chi connectivity index (χ4n) is 1.62. The fourth-order valence-corrected chi connectivity index (χ4v) is 3.24. The maximum atomic E-state index is 12.3. The van der Waals surface area contributed by atoms with Gasteiger partial charge in [-0.2, -0.15) is 11.8 Å². The van der Waals surface area contributed by atoms with Gasteiger partial charge in [0.25, 0.3) is 0 Å². The minimum absolute atomic E-state index is 0.0587. The first-order valence-corrected chi connectivity index (χ1v) is 9.02. The van der Waals surface area contributed by atoms with Crippen LogP contribution in [0.25, 0.3) is 0 Å². The lowest BCUT2D eigenvalue weighted by molar-refractivity contribution is 0.281. The Morgan fingerprint density at radius 3 is 2.70 bits per heavy atom. The molecule has 0 heterocycles. The van der Waals surface area contributed by atoms with Crippen LogP contribution in [-0.4, -0.2) is 38.7 Å². The normalized spacial score (nSPS) is 13.2. The van der Waals surface area contributed by atoms with Gasteiger partial charge < -0.3 is 9.84 Å². The van der Waals surface area contributed by atoms with Crippen LogP contribution in [0.2, 0.25) is 0 Å². The van der Waals surface area contributed by atoms with E-state index in [-0.39, 0.29) is 17.3 Å². The van der Waals surface area contributed by atoms with Crippen LogP contribution < -0.4 is 9.46 Å². The van der Waals surface area contributed by atoms with Crippen LogP contribution >= 0.6 is 11.8 Å². The Balaban J connectivity index is 2.90. The molecule has 20 heavy (non-hydrogen) atoms. The summed E-state index contributed by atoms with van der Waals surface area (Å²) >= 11 is 1.69. The number of thioether (sulfide) groups is 1. The van der Waals surface area contributed by atoms with Gasteiger partial charge in [0.1, 0.15) is 10.6 Å². The predicted molar refractivity (Wildman–Crippen MR) is 81.7 cm³/mol.